The highest BCUT2D eigenvalue weighted by atomic mass is 32.1. The fourth-order valence-electron chi connectivity index (χ4n) is 4.19. The lowest BCUT2D eigenvalue weighted by Gasteiger charge is -2.34. The second kappa shape index (κ2) is 9.43. The van der Waals surface area contributed by atoms with E-state index < -0.39 is 0 Å². The minimum atomic E-state index is -0.146. The summed E-state index contributed by atoms with van der Waals surface area (Å²) in [4.78, 5) is 30.3. The van der Waals surface area contributed by atoms with Crippen LogP contribution >= 0.6 is 11.3 Å². The number of aromatic nitrogens is 5. The summed E-state index contributed by atoms with van der Waals surface area (Å²) in [5, 5.41) is 8.57. The molecule has 8 nitrogen and oxygen atoms in total. The van der Waals surface area contributed by atoms with Crippen LogP contribution in [0.5, 0.6) is 0 Å². The molecule has 0 spiro atoms. The van der Waals surface area contributed by atoms with Crippen LogP contribution in [0.3, 0.4) is 0 Å². The van der Waals surface area contributed by atoms with Crippen LogP contribution in [0.15, 0.2) is 12.1 Å². The Kier molecular flexibility index (Phi) is 6.60. The van der Waals surface area contributed by atoms with Crippen molar-refractivity contribution >= 4 is 34.3 Å². The van der Waals surface area contributed by atoms with Crippen LogP contribution in [0, 0.1) is 34.6 Å². The number of nitrogens with zero attached hydrogens (tertiary/aromatic N) is 6. The maximum absolute atomic E-state index is 13.2. The monoisotopic (exact) mass is 465 g/mol. The maximum atomic E-state index is 13.2. The van der Waals surface area contributed by atoms with E-state index >= 15 is 0 Å². The Morgan fingerprint density at radius 1 is 1.12 bits per heavy atom. The summed E-state index contributed by atoms with van der Waals surface area (Å²) < 4.78 is 1.84. The topological polar surface area (TPSA) is 88.8 Å². The van der Waals surface area contributed by atoms with Crippen molar-refractivity contribution in [2.45, 2.75) is 59.9 Å². The molecular weight excluding hydrogens is 434 g/mol. The highest BCUT2D eigenvalue weighted by molar-refractivity contribution is 7.15. The van der Waals surface area contributed by atoms with Crippen molar-refractivity contribution in [3.8, 4) is 0 Å². The second-order valence-electron chi connectivity index (χ2n) is 8.62. The Morgan fingerprint density at radius 3 is 2.58 bits per heavy atom. The fraction of sp³-hybridized carbons (Fsp3) is 0.458. The molecule has 3 aromatic rings. The molecule has 1 saturated heterocycles. The number of carbonyl (C=O) groups is 1. The number of likely N-dealkylation sites (tertiary alicyclic amines) is 1. The Morgan fingerprint density at radius 2 is 1.91 bits per heavy atom. The van der Waals surface area contributed by atoms with Gasteiger partial charge in [-0.2, -0.15) is 5.10 Å². The Balaban J connectivity index is 1.58. The van der Waals surface area contributed by atoms with Gasteiger partial charge in [0, 0.05) is 47.6 Å². The van der Waals surface area contributed by atoms with Gasteiger partial charge in [0.05, 0.1) is 17.4 Å². The molecule has 0 unspecified atom stereocenters. The van der Waals surface area contributed by atoms with E-state index in [4.69, 9.17) is 9.97 Å². The Hall–Kier alpha value is -3.07. The fourth-order valence-corrected chi connectivity index (χ4v) is 5.01. The van der Waals surface area contributed by atoms with Gasteiger partial charge >= 0.3 is 0 Å². The largest absolute Gasteiger partial charge is 0.329 e. The average Bonchev–Trinajstić information content (AvgIpc) is 3.21. The average molecular weight is 466 g/mol. The lowest BCUT2D eigenvalue weighted by molar-refractivity contribution is -0.129. The van der Waals surface area contributed by atoms with E-state index in [1.807, 2.05) is 56.5 Å². The molecule has 1 aliphatic heterocycles. The number of nitrogens with one attached hydrogen (secondary N) is 1. The van der Waals surface area contributed by atoms with Gasteiger partial charge in [-0.3, -0.25) is 9.48 Å². The van der Waals surface area contributed by atoms with E-state index in [0.29, 0.717) is 18.2 Å². The molecule has 1 amide bonds. The smallest absolute Gasteiger partial charge is 0.247 e. The van der Waals surface area contributed by atoms with E-state index in [1.165, 1.54) is 4.88 Å². The summed E-state index contributed by atoms with van der Waals surface area (Å²) in [6.45, 7) is 10.7. The molecule has 0 aromatic carbocycles. The summed E-state index contributed by atoms with van der Waals surface area (Å²) in [7, 11) is 1.91. The standard InChI is InChI=1S/C24H31N7OS/c1-14-13-21(28-24-26-15(2)18(5)33-24)27-23(25-14)20-9-7-8-12-31(20)22(32)11-10-19-16(3)29-30(6)17(19)4/h10-11,13,20H,7-9,12H2,1-6H3,(H,25,26,27,28)/b11-10+/t20-/m0/s1. The summed E-state index contributed by atoms with van der Waals surface area (Å²) in [6.07, 6.45) is 6.41. The van der Waals surface area contributed by atoms with Crippen LogP contribution in [0.2, 0.25) is 0 Å². The molecule has 4 rings (SSSR count). The molecule has 0 aliphatic carbocycles. The van der Waals surface area contributed by atoms with Crippen LogP contribution in [0.4, 0.5) is 10.9 Å². The van der Waals surface area contributed by atoms with Crippen molar-refractivity contribution in [3.63, 3.8) is 0 Å². The van der Waals surface area contributed by atoms with Gasteiger partial charge in [-0.05, 0) is 60.0 Å². The predicted molar refractivity (Wildman–Crippen MR) is 132 cm³/mol. The van der Waals surface area contributed by atoms with E-state index in [9.17, 15) is 4.79 Å². The second-order valence-corrected chi connectivity index (χ2v) is 9.83. The summed E-state index contributed by atoms with van der Waals surface area (Å²) in [5.74, 6) is 1.37. The molecule has 0 saturated carbocycles. The predicted octanol–water partition coefficient (Wildman–Crippen LogP) is 4.72. The minimum Gasteiger partial charge on any atom is -0.329 e. The van der Waals surface area contributed by atoms with Crippen LogP contribution in [-0.4, -0.2) is 42.1 Å². The molecule has 1 fully saturated rings. The van der Waals surface area contributed by atoms with E-state index in [2.05, 4.69) is 22.3 Å². The molecule has 174 valence electrons. The van der Waals surface area contributed by atoms with Crippen LogP contribution in [0.25, 0.3) is 6.08 Å². The van der Waals surface area contributed by atoms with Gasteiger partial charge in [-0.1, -0.05) is 0 Å². The number of rotatable bonds is 5. The molecule has 1 N–H and O–H groups in total. The first-order valence-corrected chi connectivity index (χ1v) is 12.1. The molecular formula is C24H31N7OS. The van der Waals surface area contributed by atoms with Crippen molar-refractivity contribution in [1.29, 1.82) is 0 Å². The number of aryl methyl sites for hydroxylation is 5. The Labute approximate surface area is 198 Å². The third-order valence-electron chi connectivity index (χ3n) is 6.18. The molecule has 0 bridgehead atoms. The molecule has 9 heteroatoms. The van der Waals surface area contributed by atoms with E-state index in [-0.39, 0.29) is 11.9 Å². The minimum absolute atomic E-state index is 0.0202. The maximum Gasteiger partial charge on any atom is 0.247 e. The zero-order valence-corrected chi connectivity index (χ0v) is 21.0. The third-order valence-corrected chi connectivity index (χ3v) is 7.16. The van der Waals surface area contributed by atoms with Crippen molar-refractivity contribution in [1.82, 2.24) is 29.6 Å². The summed E-state index contributed by atoms with van der Waals surface area (Å²) >= 11 is 1.61. The first-order valence-electron chi connectivity index (χ1n) is 11.3. The van der Waals surface area contributed by atoms with Crippen LogP contribution < -0.4 is 5.32 Å². The number of anilines is 2. The number of piperidine rings is 1. The first kappa shape index (κ1) is 23.1. The van der Waals surface area contributed by atoms with Crippen molar-refractivity contribution in [2.75, 3.05) is 11.9 Å². The lowest BCUT2D eigenvalue weighted by Crippen LogP contribution is -2.38. The van der Waals surface area contributed by atoms with Gasteiger partial charge in [-0.25, -0.2) is 15.0 Å². The molecule has 1 aliphatic rings. The summed E-state index contributed by atoms with van der Waals surface area (Å²) in [6, 6.07) is 1.77. The molecule has 33 heavy (non-hydrogen) atoms. The Bertz CT molecular complexity index is 1190. The molecule has 1 atom stereocenters. The zero-order chi connectivity index (χ0) is 23.7. The van der Waals surface area contributed by atoms with E-state index in [1.54, 1.807) is 17.4 Å². The van der Waals surface area contributed by atoms with Crippen molar-refractivity contribution in [2.24, 2.45) is 7.05 Å². The van der Waals surface area contributed by atoms with Crippen LogP contribution in [-0.2, 0) is 11.8 Å². The highest BCUT2D eigenvalue weighted by Crippen LogP contribution is 2.31. The number of hydrogen-bond acceptors (Lipinski definition) is 7. The SMILES string of the molecule is Cc1cc(Nc2nc(C)c(C)s2)nc([C@@H]2CCCCN2C(=O)/C=C/c2c(C)nn(C)c2C)n1. The first-order chi connectivity index (χ1) is 15.7. The number of thiazole rings is 1. The number of hydrogen-bond donors (Lipinski definition) is 1. The van der Waals surface area contributed by atoms with Gasteiger partial charge in [0.25, 0.3) is 0 Å². The van der Waals surface area contributed by atoms with Gasteiger partial charge in [0.1, 0.15) is 5.82 Å². The lowest BCUT2D eigenvalue weighted by atomic mass is 10.0. The van der Waals surface area contributed by atoms with Gasteiger partial charge < -0.3 is 10.2 Å². The zero-order valence-electron chi connectivity index (χ0n) is 20.1. The molecule has 4 heterocycles. The van der Waals surface area contributed by atoms with E-state index in [0.717, 1.165) is 52.7 Å². The molecule has 0 radical (unpaired) electrons. The van der Waals surface area contributed by atoms with Gasteiger partial charge in [0.2, 0.25) is 5.91 Å². The van der Waals surface area contributed by atoms with Crippen LogP contribution in [0.1, 0.15) is 64.3 Å². The van der Waals surface area contributed by atoms with Gasteiger partial charge in [-0.15, -0.1) is 11.3 Å². The number of carbonyl (C=O) groups excluding carboxylic acids is 1. The van der Waals surface area contributed by atoms with Crippen molar-refractivity contribution in [3.05, 3.63) is 51.2 Å². The summed E-state index contributed by atoms with van der Waals surface area (Å²) in [5.41, 5.74) is 4.83. The van der Waals surface area contributed by atoms with Gasteiger partial charge in [0.15, 0.2) is 11.0 Å². The third kappa shape index (κ3) is 4.98. The van der Waals surface area contributed by atoms with Crippen molar-refractivity contribution < 1.29 is 4.79 Å². The number of amides is 1. The normalized spacial score (nSPS) is 16.5. The quantitative estimate of drug-likeness (QED) is 0.549. The highest BCUT2D eigenvalue weighted by Gasteiger charge is 2.29. The molecule has 3 aromatic heterocycles.